The predicted molar refractivity (Wildman–Crippen MR) is 83.9 cm³/mol. The van der Waals surface area contributed by atoms with Crippen molar-refractivity contribution >= 4 is 17.6 Å². The molecular weight excluding hydrogens is 294 g/mol. The summed E-state index contributed by atoms with van der Waals surface area (Å²) in [5, 5.41) is 0. The lowest BCUT2D eigenvalue weighted by molar-refractivity contribution is -0.151. The van der Waals surface area contributed by atoms with Gasteiger partial charge in [0.1, 0.15) is 11.5 Å². The number of hydrogen-bond acceptors (Lipinski definition) is 4. The molecule has 0 N–H and O–H groups in total. The summed E-state index contributed by atoms with van der Waals surface area (Å²) in [6.45, 7) is 4.50. The number of esters is 1. The number of aryl methyl sites for hydroxylation is 1. The highest BCUT2D eigenvalue weighted by Gasteiger charge is 2.67. The Bertz CT molecular complexity index is 713. The van der Waals surface area contributed by atoms with Crippen molar-refractivity contribution in [2.75, 3.05) is 18.1 Å². The first-order valence-electron chi connectivity index (χ1n) is 7.98. The largest absolute Gasteiger partial charge is 0.466 e. The summed E-state index contributed by atoms with van der Waals surface area (Å²) in [5.74, 6) is -1.42. The lowest BCUT2D eigenvalue weighted by Crippen LogP contribution is -2.40. The molecule has 3 aliphatic heterocycles. The average Bonchev–Trinajstić information content (AvgIpc) is 3.16. The van der Waals surface area contributed by atoms with Gasteiger partial charge in [0.25, 0.3) is 0 Å². The Morgan fingerprint density at radius 1 is 1.43 bits per heavy atom. The van der Waals surface area contributed by atoms with Crippen LogP contribution in [0.15, 0.2) is 36.4 Å². The first-order valence-corrected chi connectivity index (χ1v) is 7.98. The van der Waals surface area contributed by atoms with Gasteiger partial charge in [-0.25, -0.2) is 0 Å². The average molecular weight is 313 g/mol. The van der Waals surface area contributed by atoms with Gasteiger partial charge in [-0.05, 0) is 25.5 Å². The maximum Gasteiger partial charge on any atom is 0.312 e. The van der Waals surface area contributed by atoms with Crippen molar-refractivity contribution < 1.29 is 19.1 Å². The number of fused-ring (bicyclic) bond motifs is 1. The summed E-state index contributed by atoms with van der Waals surface area (Å²) in [7, 11) is 0. The van der Waals surface area contributed by atoms with Crippen molar-refractivity contribution in [2.45, 2.75) is 25.6 Å². The summed E-state index contributed by atoms with van der Waals surface area (Å²) in [5.41, 5.74) is 1.22. The Balaban J connectivity index is 1.71. The minimum Gasteiger partial charge on any atom is -0.466 e. The van der Waals surface area contributed by atoms with E-state index in [-0.39, 0.29) is 18.0 Å². The molecule has 0 saturated carbocycles. The number of carbonyl (C=O) groups is 2. The van der Waals surface area contributed by atoms with Gasteiger partial charge in [0.15, 0.2) is 0 Å². The number of amides is 1. The lowest BCUT2D eigenvalue weighted by Gasteiger charge is -2.22. The van der Waals surface area contributed by atoms with Gasteiger partial charge in [0.05, 0.1) is 25.2 Å². The van der Waals surface area contributed by atoms with Crippen LogP contribution in [0.1, 0.15) is 12.5 Å². The summed E-state index contributed by atoms with van der Waals surface area (Å²) < 4.78 is 11.2. The molecule has 2 saturated heterocycles. The summed E-state index contributed by atoms with van der Waals surface area (Å²) in [6.07, 6.45) is 3.50. The second-order valence-corrected chi connectivity index (χ2v) is 6.36. The number of hydrogen-bond donors (Lipinski definition) is 0. The van der Waals surface area contributed by atoms with Crippen LogP contribution in [0.25, 0.3) is 0 Å². The fourth-order valence-corrected chi connectivity index (χ4v) is 4.08. The van der Waals surface area contributed by atoms with Crippen molar-refractivity contribution in [2.24, 2.45) is 11.8 Å². The third kappa shape index (κ3) is 1.89. The van der Waals surface area contributed by atoms with E-state index < -0.39 is 17.4 Å². The van der Waals surface area contributed by atoms with Crippen molar-refractivity contribution in [3.05, 3.63) is 42.0 Å². The molecule has 0 unspecified atom stereocenters. The van der Waals surface area contributed by atoms with Crippen LogP contribution < -0.4 is 4.90 Å². The number of ether oxygens (including phenoxy) is 2. The number of rotatable bonds is 3. The molecule has 4 rings (SSSR count). The van der Waals surface area contributed by atoms with Crippen LogP contribution >= 0.6 is 0 Å². The zero-order valence-electron chi connectivity index (χ0n) is 13.2. The molecule has 2 fully saturated rings. The van der Waals surface area contributed by atoms with Gasteiger partial charge in [-0.15, -0.1) is 0 Å². The minimum atomic E-state index is -0.693. The van der Waals surface area contributed by atoms with Crippen LogP contribution in [-0.4, -0.2) is 36.7 Å². The van der Waals surface area contributed by atoms with E-state index >= 15 is 0 Å². The molecule has 5 heteroatoms. The summed E-state index contributed by atoms with van der Waals surface area (Å²) in [6, 6.07) is 7.77. The smallest absolute Gasteiger partial charge is 0.312 e. The molecule has 120 valence electrons. The molecule has 1 amide bonds. The van der Waals surface area contributed by atoms with Gasteiger partial charge in [-0.1, -0.05) is 30.4 Å². The van der Waals surface area contributed by atoms with E-state index in [1.165, 1.54) is 0 Å². The quantitative estimate of drug-likeness (QED) is 0.631. The third-order valence-electron chi connectivity index (χ3n) is 5.07. The van der Waals surface area contributed by atoms with E-state index in [1.807, 2.05) is 43.3 Å². The van der Waals surface area contributed by atoms with Gasteiger partial charge in [0.2, 0.25) is 5.91 Å². The van der Waals surface area contributed by atoms with Gasteiger partial charge in [0, 0.05) is 5.69 Å². The Morgan fingerprint density at radius 3 is 2.96 bits per heavy atom. The fraction of sp³-hybridized carbons (Fsp3) is 0.444. The van der Waals surface area contributed by atoms with Crippen molar-refractivity contribution in [1.82, 2.24) is 0 Å². The molecule has 1 spiro atoms. The summed E-state index contributed by atoms with van der Waals surface area (Å²) >= 11 is 0. The SMILES string of the molecule is CCOC(=O)[C@@H]1[C@@H]2C=C[C@]3(CN(c4ccccc4C)C(=O)[C@@H]13)O2. The maximum atomic E-state index is 13.0. The van der Waals surface area contributed by atoms with Gasteiger partial charge >= 0.3 is 5.97 Å². The van der Waals surface area contributed by atoms with E-state index in [0.29, 0.717) is 13.2 Å². The molecular formula is C18H19NO4. The van der Waals surface area contributed by atoms with E-state index in [4.69, 9.17) is 9.47 Å². The van der Waals surface area contributed by atoms with Crippen molar-refractivity contribution in [3.8, 4) is 0 Å². The molecule has 5 nitrogen and oxygen atoms in total. The second-order valence-electron chi connectivity index (χ2n) is 6.36. The van der Waals surface area contributed by atoms with Crippen LogP contribution in [0.3, 0.4) is 0 Å². The molecule has 3 aliphatic rings. The Morgan fingerprint density at radius 2 is 2.22 bits per heavy atom. The van der Waals surface area contributed by atoms with E-state index in [9.17, 15) is 9.59 Å². The number of anilines is 1. The van der Waals surface area contributed by atoms with Crippen LogP contribution in [0.2, 0.25) is 0 Å². The van der Waals surface area contributed by atoms with Gasteiger partial charge < -0.3 is 14.4 Å². The Hall–Kier alpha value is -2.14. The molecule has 1 aromatic carbocycles. The summed E-state index contributed by atoms with van der Waals surface area (Å²) in [4.78, 5) is 27.1. The van der Waals surface area contributed by atoms with Crippen molar-refractivity contribution in [1.29, 1.82) is 0 Å². The minimum absolute atomic E-state index is 0.0517. The standard InChI is InChI=1S/C18H19NO4/c1-3-22-17(21)14-13-8-9-18(23-13)10-19(16(20)15(14)18)12-7-5-4-6-11(12)2/h4-9,13-15H,3,10H2,1-2H3/t13-,14+,15+,18+/m0/s1. The van der Waals surface area contributed by atoms with Crippen molar-refractivity contribution in [3.63, 3.8) is 0 Å². The molecule has 0 radical (unpaired) electrons. The number of carbonyl (C=O) groups excluding carboxylic acids is 2. The zero-order valence-corrected chi connectivity index (χ0v) is 13.2. The number of benzene rings is 1. The van der Waals surface area contributed by atoms with E-state index in [1.54, 1.807) is 11.8 Å². The van der Waals surface area contributed by atoms with E-state index in [0.717, 1.165) is 11.3 Å². The molecule has 2 bridgehead atoms. The molecule has 0 aliphatic carbocycles. The highest BCUT2D eigenvalue weighted by atomic mass is 16.6. The van der Waals surface area contributed by atoms with Crippen LogP contribution in [0.4, 0.5) is 5.69 Å². The second kappa shape index (κ2) is 4.93. The molecule has 3 heterocycles. The highest BCUT2D eigenvalue weighted by Crippen LogP contribution is 2.53. The first kappa shape index (κ1) is 14.5. The van der Waals surface area contributed by atoms with Crippen LogP contribution in [0, 0.1) is 18.8 Å². The Labute approximate surface area is 134 Å². The lowest BCUT2D eigenvalue weighted by atomic mass is 9.77. The Kier molecular flexibility index (Phi) is 3.10. The normalized spacial score (nSPS) is 34.1. The molecule has 1 aromatic rings. The number of nitrogens with zero attached hydrogens (tertiary/aromatic N) is 1. The third-order valence-corrected chi connectivity index (χ3v) is 5.07. The first-order chi connectivity index (χ1) is 11.1. The molecule has 23 heavy (non-hydrogen) atoms. The zero-order chi connectivity index (χ0) is 16.2. The van der Waals surface area contributed by atoms with Gasteiger partial charge in [-0.2, -0.15) is 0 Å². The van der Waals surface area contributed by atoms with Gasteiger partial charge in [-0.3, -0.25) is 9.59 Å². The number of para-hydroxylation sites is 1. The van der Waals surface area contributed by atoms with Crippen LogP contribution in [0.5, 0.6) is 0 Å². The van der Waals surface area contributed by atoms with Crippen LogP contribution in [-0.2, 0) is 19.1 Å². The van der Waals surface area contributed by atoms with E-state index in [2.05, 4.69) is 0 Å². The maximum absolute atomic E-state index is 13.0. The predicted octanol–water partition coefficient (Wildman–Crippen LogP) is 1.84. The molecule has 0 aromatic heterocycles. The fourth-order valence-electron chi connectivity index (χ4n) is 4.08. The monoisotopic (exact) mass is 313 g/mol. The topological polar surface area (TPSA) is 55.8 Å². The highest BCUT2D eigenvalue weighted by molar-refractivity contribution is 6.03. The molecule has 4 atom stereocenters.